The summed E-state index contributed by atoms with van der Waals surface area (Å²) in [6, 6.07) is 19.8. The first-order chi connectivity index (χ1) is 15.1. The van der Waals surface area contributed by atoms with Gasteiger partial charge in [-0.05, 0) is 36.1 Å². The molecule has 0 bridgehead atoms. The van der Waals surface area contributed by atoms with Crippen molar-refractivity contribution in [2.75, 3.05) is 13.1 Å². The number of rotatable bonds is 10. The Bertz CT molecular complexity index is 1070. The van der Waals surface area contributed by atoms with Crippen molar-refractivity contribution >= 4 is 16.1 Å². The van der Waals surface area contributed by atoms with E-state index in [2.05, 4.69) is 20.3 Å². The zero-order valence-electron chi connectivity index (χ0n) is 17.1. The summed E-state index contributed by atoms with van der Waals surface area (Å²) in [5.41, 5.74) is 2.44. The second-order valence-corrected chi connectivity index (χ2v) is 8.67. The Labute approximate surface area is 183 Å². The molecule has 162 valence electrons. The van der Waals surface area contributed by atoms with E-state index < -0.39 is 10.0 Å². The molecule has 7 nitrogen and oxygen atoms in total. The summed E-state index contributed by atoms with van der Waals surface area (Å²) < 4.78 is 28.2. The Morgan fingerprint density at radius 3 is 2.35 bits per heavy atom. The second-order valence-electron chi connectivity index (χ2n) is 6.94. The van der Waals surface area contributed by atoms with Crippen molar-refractivity contribution in [3.63, 3.8) is 0 Å². The smallest absolute Gasteiger partial charge is 0.315 e. The molecule has 31 heavy (non-hydrogen) atoms. The number of aromatic nitrogens is 1. The summed E-state index contributed by atoms with van der Waals surface area (Å²) in [6.07, 6.45) is 4.64. The van der Waals surface area contributed by atoms with E-state index in [0.717, 1.165) is 11.1 Å². The average Bonchev–Trinajstić information content (AvgIpc) is 2.81. The molecule has 3 aromatic rings. The van der Waals surface area contributed by atoms with Gasteiger partial charge in [0.2, 0.25) is 10.0 Å². The number of carbonyl (C=O) groups excluding carboxylic acids is 1. The van der Waals surface area contributed by atoms with E-state index in [1.54, 1.807) is 30.6 Å². The van der Waals surface area contributed by atoms with Gasteiger partial charge < -0.3 is 10.6 Å². The third-order valence-corrected chi connectivity index (χ3v) is 6.14. The number of pyridine rings is 1. The van der Waals surface area contributed by atoms with Crippen LogP contribution < -0.4 is 15.4 Å². The average molecular weight is 439 g/mol. The van der Waals surface area contributed by atoms with Gasteiger partial charge in [0.25, 0.3) is 0 Å². The van der Waals surface area contributed by atoms with E-state index >= 15 is 0 Å². The van der Waals surface area contributed by atoms with Crippen molar-refractivity contribution < 1.29 is 13.2 Å². The van der Waals surface area contributed by atoms with Crippen LogP contribution in [0.1, 0.15) is 18.4 Å². The number of hydrogen-bond donors (Lipinski definition) is 3. The second kappa shape index (κ2) is 11.2. The van der Waals surface area contributed by atoms with Gasteiger partial charge in [-0.2, -0.15) is 0 Å². The summed E-state index contributed by atoms with van der Waals surface area (Å²) in [4.78, 5) is 16.1. The third kappa shape index (κ3) is 6.91. The van der Waals surface area contributed by atoms with Crippen LogP contribution in [0.15, 0.2) is 84.0 Å². The summed E-state index contributed by atoms with van der Waals surface area (Å²) >= 11 is 0. The van der Waals surface area contributed by atoms with Gasteiger partial charge in [-0.25, -0.2) is 17.9 Å². The molecule has 2 amide bonds. The SMILES string of the molecule is O=C(NCCCCNS(=O)(=O)c1ccccc1-c1ccccc1)NCc1cccnc1. The van der Waals surface area contributed by atoms with E-state index in [1.165, 1.54) is 0 Å². The minimum atomic E-state index is -3.64. The van der Waals surface area contributed by atoms with Crippen LogP contribution >= 0.6 is 0 Å². The Kier molecular flexibility index (Phi) is 8.14. The van der Waals surface area contributed by atoms with Crippen LogP contribution in [0.25, 0.3) is 11.1 Å². The highest BCUT2D eigenvalue weighted by Gasteiger charge is 2.18. The normalized spacial score (nSPS) is 11.1. The molecule has 3 N–H and O–H groups in total. The zero-order valence-corrected chi connectivity index (χ0v) is 17.9. The van der Waals surface area contributed by atoms with E-state index in [-0.39, 0.29) is 10.9 Å². The van der Waals surface area contributed by atoms with Gasteiger partial charge in [-0.3, -0.25) is 4.98 Å². The van der Waals surface area contributed by atoms with Gasteiger partial charge in [0.05, 0.1) is 4.90 Å². The van der Waals surface area contributed by atoms with Crippen LogP contribution in [0.4, 0.5) is 4.79 Å². The Morgan fingerprint density at radius 2 is 1.58 bits per heavy atom. The molecule has 0 aliphatic carbocycles. The molecule has 3 rings (SSSR count). The predicted molar refractivity (Wildman–Crippen MR) is 121 cm³/mol. The molecule has 0 atom stereocenters. The van der Waals surface area contributed by atoms with Crippen LogP contribution in [0.2, 0.25) is 0 Å². The maximum absolute atomic E-state index is 12.8. The fraction of sp³-hybridized carbons (Fsp3) is 0.217. The van der Waals surface area contributed by atoms with Gasteiger partial charge in [0.15, 0.2) is 0 Å². The quantitative estimate of drug-likeness (QED) is 0.423. The molecule has 0 aliphatic heterocycles. The van der Waals surface area contributed by atoms with E-state index in [9.17, 15) is 13.2 Å². The Morgan fingerprint density at radius 1 is 0.839 bits per heavy atom. The number of nitrogens with one attached hydrogen (secondary N) is 3. The van der Waals surface area contributed by atoms with Crippen molar-refractivity contribution in [3.05, 3.63) is 84.7 Å². The van der Waals surface area contributed by atoms with Crippen molar-refractivity contribution in [2.45, 2.75) is 24.3 Å². The molecule has 0 spiro atoms. The molecule has 0 saturated heterocycles. The number of sulfonamides is 1. The van der Waals surface area contributed by atoms with Crippen LogP contribution in [-0.2, 0) is 16.6 Å². The summed E-state index contributed by atoms with van der Waals surface area (Å²) in [5, 5.41) is 5.52. The minimum Gasteiger partial charge on any atom is -0.338 e. The van der Waals surface area contributed by atoms with Gasteiger partial charge in [-0.1, -0.05) is 54.6 Å². The first-order valence-electron chi connectivity index (χ1n) is 10.1. The monoisotopic (exact) mass is 438 g/mol. The first kappa shape index (κ1) is 22.5. The molecule has 1 heterocycles. The molecule has 0 aliphatic rings. The number of amides is 2. The summed E-state index contributed by atoms with van der Waals surface area (Å²) in [7, 11) is -3.64. The fourth-order valence-electron chi connectivity index (χ4n) is 3.04. The predicted octanol–water partition coefficient (Wildman–Crippen LogP) is 3.31. The molecular weight excluding hydrogens is 412 g/mol. The lowest BCUT2D eigenvalue weighted by atomic mass is 10.1. The molecule has 0 saturated carbocycles. The van der Waals surface area contributed by atoms with Gasteiger partial charge in [0, 0.05) is 37.6 Å². The van der Waals surface area contributed by atoms with Crippen molar-refractivity contribution in [3.8, 4) is 11.1 Å². The van der Waals surface area contributed by atoms with Crippen LogP contribution in [-0.4, -0.2) is 32.5 Å². The van der Waals surface area contributed by atoms with Crippen LogP contribution in [0.3, 0.4) is 0 Å². The molecule has 1 aromatic heterocycles. The molecule has 0 unspecified atom stereocenters. The maximum atomic E-state index is 12.8. The third-order valence-electron chi connectivity index (χ3n) is 4.62. The lowest BCUT2D eigenvalue weighted by molar-refractivity contribution is 0.240. The topological polar surface area (TPSA) is 100 Å². The van der Waals surface area contributed by atoms with Gasteiger partial charge >= 0.3 is 6.03 Å². The molecule has 0 radical (unpaired) electrons. The standard InChI is InChI=1S/C23H26N4O3S/c28-23(26-18-19-9-8-14-24-17-19)25-15-6-7-16-27-31(29,30)22-13-5-4-12-21(22)20-10-2-1-3-11-20/h1-5,8-14,17,27H,6-7,15-16,18H2,(H2,25,26,28). The Balaban J connectivity index is 1.41. The Hall–Kier alpha value is -3.23. The van der Waals surface area contributed by atoms with Crippen LogP contribution in [0, 0.1) is 0 Å². The lowest BCUT2D eigenvalue weighted by Crippen LogP contribution is -2.35. The van der Waals surface area contributed by atoms with Crippen molar-refractivity contribution in [1.29, 1.82) is 0 Å². The minimum absolute atomic E-state index is 0.258. The largest absolute Gasteiger partial charge is 0.338 e. The lowest BCUT2D eigenvalue weighted by Gasteiger charge is -2.12. The number of urea groups is 1. The molecule has 0 fully saturated rings. The number of benzene rings is 2. The highest BCUT2D eigenvalue weighted by Crippen LogP contribution is 2.26. The zero-order chi connectivity index (χ0) is 21.9. The first-order valence-corrected chi connectivity index (χ1v) is 11.6. The van der Waals surface area contributed by atoms with Gasteiger partial charge in [0.1, 0.15) is 0 Å². The maximum Gasteiger partial charge on any atom is 0.315 e. The highest BCUT2D eigenvalue weighted by molar-refractivity contribution is 7.89. The number of hydrogen-bond acceptors (Lipinski definition) is 4. The molecule has 2 aromatic carbocycles. The molecular formula is C23H26N4O3S. The number of carbonyl (C=O) groups is 1. The summed E-state index contributed by atoms with van der Waals surface area (Å²) in [6.45, 7) is 1.16. The van der Waals surface area contributed by atoms with Gasteiger partial charge in [-0.15, -0.1) is 0 Å². The highest BCUT2D eigenvalue weighted by atomic mass is 32.2. The van der Waals surface area contributed by atoms with Crippen molar-refractivity contribution in [2.24, 2.45) is 0 Å². The molecule has 8 heteroatoms. The van der Waals surface area contributed by atoms with E-state index in [4.69, 9.17) is 0 Å². The van der Waals surface area contributed by atoms with E-state index in [0.29, 0.717) is 38.0 Å². The number of unbranched alkanes of at least 4 members (excludes halogenated alkanes) is 1. The summed E-state index contributed by atoms with van der Waals surface area (Å²) in [5.74, 6) is 0. The van der Waals surface area contributed by atoms with E-state index in [1.807, 2.05) is 48.5 Å². The van der Waals surface area contributed by atoms with Crippen LogP contribution in [0.5, 0.6) is 0 Å². The van der Waals surface area contributed by atoms with Crippen molar-refractivity contribution in [1.82, 2.24) is 20.3 Å². The number of nitrogens with zero attached hydrogens (tertiary/aromatic N) is 1. The fourth-order valence-corrected chi connectivity index (χ4v) is 4.34.